The predicted octanol–water partition coefficient (Wildman–Crippen LogP) is 9.83. The Morgan fingerprint density at radius 2 is 0.773 bits per heavy atom. The van der Waals surface area contributed by atoms with Gasteiger partial charge in [0.25, 0.3) is 0 Å². The Hall–Kier alpha value is -3.06. The zero-order chi connectivity index (χ0) is 31.9. The zero-order valence-corrected chi connectivity index (χ0v) is 28.1. The van der Waals surface area contributed by atoms with Crippen LogP contribution in [0.2, 0.25) is 0 Å². The Kier molecular flexibility index (Phi) is 15.0. The van der Waals surface area contributed by atoms with E-state index in [1.165, 1.54) is 16.7 Å². The number of ether oxygens (including phenoxy) is 6. The van der Waals surface area contributed by atoms with E-state index in [0.29, 0.717) is 37.6 Å². The van der Waals surface area contributed by atoms with Crippen LogP contribution in [0.4, 0.5) is 0 Å². The second kappa shape index (κ2) is 18.7. The Bertz CT molecular complexity index is 1180. The van der Waals surface area contributed by atoms with Gasteiger partial charge in [-0.05, 0) is 132 Å². The van der Waals surface area contributed by atoms with E-state index in [2.05, 4.69) is 74.5 Å². The fourth-order valence-corrected chi connectivity index (χ4v) is 5.71. The molecule has 0 N–H and O–H groups in total. The summed E-state index contributed by atoms with van der Waals surface area (Å²) in [5.74, 6) is 3.61. The summed E-state index contributed by atoms with van der Waals surface area (Å²) in [5.41, 5.74) is 3.95. The summed E-state index contributed by atoms with van der Waals surface area (Å²) in [6.07, 6.45) is 2.30. The van der Waals surface area contributed by atoms with E-state index in [-0.39, 0.29) is 18.9 Å². The lowest BCUT2D eigenvalue weighted by atomic mass is 9.78. The molecular weight excluding hydrogens is 552 g/mol. The maximum atomic E-state index is 5.96. The standard InChI is InChI=1S/C38H54O6/c1-9-31(33-15-21-37(22-16-33)43-29(7)40-11-3)26-35(34-17-23-38(24-18-34)44-30(8)41-12-4)25-27(5)32-13-19-36(20-14-32)42-28(6)39-10-2/h13-24,27-31,35H,9-12,25-26H2,1-8H3. The van der Waals surface area contributed by atoms with Crippen LogP contribution in [-0.2, 0) is 14.2 Å². The molecule has 0 radical (unpaired) electrons. The predicted molar refractivity (Wildman–Crippen MR) is 178 cm³/mol. The minimum Gasteiger partial charge on any atom is -0.465 e. The van der Waals surface area contributed by atoms with Crippen molar-refractivity contribution in [1.82, 2.24) is 0 Å². The van der Waals surface area contributed by atoms with Gasteiger partial charge in [-0.15, -0.1) is 0 Å². The summed E-state index contributed by atoms with van der Waals surface area (Å²) in [6, 6.07) is 25.6. The van der Waals surface area contributed by atoms with Crippen molar-refractivity contribution in [3.63, 3.8) is 0 Å². The van der Waals surface area contributed by atoms with Gasteiger partial charge in [0.15, 0.2) is 18.9 Å². The molecule has 0 amide bonds. The smallest absolute Gasteiger partial charge is 0.196 e. The van der Waals surface area contributed by atoms with Gasteiger partial charge in [0.1, 0.15) is 17.2 Å². The summed E-state index contributed by atoms with van der Waals surface area (Å²) in [6.45, 7) is 18.2. The van der Waals surface area contributed by atoms with Crippen LogP contribution in [0.3, 0.4) is 0 Å². The summed E-state index contributed by atoms with van der Waals surface area (Å²) in [7, 11) is 0. The van der Waals surface area contributed by atoms with Crippen LogP contribution in [0, 0.1) is 0 Å². The molecule has 0 aliphatic heterocycles. The maximum Gasteiger partial charge on any atom is 0.196 e. The average Bonchev–Trinajstić information content (AvgIpc) is 3.01. The summed E-state index contributed by atoms with van der Waals surface area (Å²) in [5, 5.41) is 0. The van der Waals surface area contributed by atoms with Gasteiger partial charge in [0, 0.05) is 19.8 Å². The topological polar surface area (TPSA) is 55.4 Å². The first-order valence-corrected chi connectivity index (χ1v) is 16.4. The second-order valence-electron chi connectivity index (χ2n) is 11.3. The van der Waals surface area contributed by atoms with E-state index < -0.39 is 0 Å². The summed E-state index contributed by atoms with van der Waals surface area (Å²) >= 11 is 0. The highest BCUT2D eigenvalue weighted by atomic mass is 16.7. The van der Waals surface area contributed by atoms with E-state index in [1.54, 1.807) is 0 Å². The van der Waals surface area contributed by atoms with Crippen molar-refractivity contribution in [2.24, 2.45) is 0 Å². The van der Waals surface area contributed by atoms with E-state index >= 15 is 0 Å². The molecular formula is C38H54O6. The normalized spacial score (nSPS) is 15.5. The fraction of sp³-hybridized carbons (Fsp3) is 0.526. The molecule has 3 rings (SSSR count). The first-order chi connectivity index (χ1) is 21.3. The molecule has 0 bridgehead atoms. The van der Waals surface area contributed by atoms with Crippen LogP contribution in [0.1, 0.15) is 109 Å². The minimum atomic E-state index is -0.280. The Labute approximate surface area is 266 Å². The maximum absolute atomic E-state index is 5.96. The summed E-state index contributed by atoms with van der Waals surface area (Å²) in [4.78, 5) is 0. The third-order valence-electron chi connectivity index (χ3n) is 7.96. The first kappa shape index (κ1) is 35.4. The lowest BCUT2D eigenvalue weighted by molar-refractivity contribution is -0.0616. The quantitative estimate of drug-likeness (QED) is 0.119. The van der Waals surface area contributed by atoms with Crippen LogP contribution < -0.4 is 14.2 Å². The third-order valence-corrected chi connectivity index (χ3v) is 7.96. The van der Waals surface area contributed by atoms with Gasteiger partial charge in [-0.1, -0.05) is 50.2 Å². The molecule has 0 saturated heterocycles. The van der Waals surface area contributed by atoms with Crippen LogP contribution in [0.15, 0.2) is 72.8 Å². The average molecular weight is 607 g/mol. The first-order valence-electron chi connectivity index (χ1n) is 16.4. The monoisotopic (exact) mass is 606 g/mol. The van der Waals surface area contributed by atoms with Crippen molar-refractivity contribution < 1.29 is 28.4 Å². The minimum absolute atomic E-state index is 0.268. The highest BCUT2D eigenvalue weighted by Gasteiger charge is 2.22. The molecule has 6 heteroatoms. The molecule has 0 aromatic heterocycles. The van der Waals surface area contributed by atoms with E-state index in [0.717, 1.165) is 36.5 Å². The molecule has 3 aromatic rings. The SMILES string of the molecule is CCOC(C)Oc1ccc(C(C)CC(CC(CC)c2ccc(OC(C)OCC)cc2)c2ccc(OC(C)OCC)cc2)cc1. The number of benzene rings is 3. The molecule has 0 saturated carbocycles. The van der Waals surface area contributed by atoms with Gasteiger partial charge in [-0.25, -0.2) is 0 Å². The number of hydrogen-bond acceptors (Lipinski definition) is 6. The van der Waals surface area contributed by atoms with Crippen LogP contribution >= 0.6 is 0 Å². The van der Waals surface area contributed by atoms with Crippen molar-refractivity contribution in [2.75, 3.05) is 19.8 Å². The molecule has 0 spiro atoms. The lowest BCUT2D eigenvalue weighted by Gasteiger charge is -2.27. The highest BCUT2D eigenvalue weighted by molar-refractivity contribution is 5.34. The van der Waals surface area contributed by atoms with Gasteiger partial charge in [0.2, 0.25) is 0 Å². The van der Waals surface area contributed by atoms with Crippen LogP contribution in [0.25, 0.3) is 0 Å². The fourth-order valence-electron chi connectivity index (χ4n) is 5.71. The van der Waals surface area contributed by atoms with Crippen molar-refractivity contribution in [1.29, 1.82) is 0 Å². The second-order valence-corrected chi connectivity index (χ2v) is 11.3. The molecule has 0 heterocycles. The molecule has 0 aliphatic carbocycles. The van der Waals surface area contributed by atoms with Gasteiger partial charge in [-0.2, -0.15) is 0 Å². The van der Waals surface area contributed by atoms with E-state index in [9.17, 15) is 0 Å². The van der Waals surface area contributed by atoms with Gasteiger partial charge >= 0.3 is 0 Å². The number of hydrogen-bond donors (Lipinski definition) is 0. The molecule has 0 aliphatic rings. The van der Waals surface area contributed by atoms with Gasteiger partial charge in [0.05, 0.1) is 0 Å². The Morgan fingerprint density at radius 3 is 1.11 bits per heavy atom. The zero-order valence-electron chi connectivity index (χ0n) is 28.1. The van der Waals surface area contributed by atoms with Gasteiger partial charge in [-0.3, -0.25) is 0 Å². The Balaban J connectivity index is 1.79. The highest BCUT2D eigenvalue weighted by Crippen LogP contribution is 2.39. The van der Waals surface area contributed by atoms with Crippen LogP contribution in [-0.4, -0.2) is 38.7 Å². The van der Waals surface area contributed by atoms with Crippen molar-refractivity contribution in [3.05, 3.63) is 89.5 Å². The van der Waals surface area contributed by atoms with Crippen molar-refractivity contribution in [2.45, 2.75) is 111 Å². The molecule has 6 nitrogen and oxygen atoms in total. The molecule has 0 fully saturated rings. The number of rotatable bonds is 20. The van der Waals surface area contributed by atoms with Crippen molar-refractivity contribution >= 4 is 0 Å². The van der Waals surface area contributed by atoms with Crippen LogP contribution in [0.5, 0.6) is 17.2 Å². The largest absolute Gasteiger partial charge is 0.465 e. The molecule has 6 atom stereocenters. The van der Waals surface area contributed by atoms with Gasteiger partial charge < -0.3 is 28.4 Å². The van der Waals surface area contributed by atoms with E-state index in [4.69, 9.17) is 28.4 Å². The Morgan fingerprint density at radius 1 is 0.432 bits per heavy atom. The molecule has 242 valence electrons. The molecule has 3 aromatic carbocycles. The third kappa shape index (κ3) is 11.5. The molecule has 44 heavy (non-hydrogen) atoms. The van der Waals surface area contributed by atoms with E-state index in [1.807, 2.05) is 53.7 Å². The van der Waals surface area contributed by atoms with Crippen molar-refractivity contribution in [3.8, 4) is 17.2 Å². The molecule has 6 unspecified atom stereocenters. The summed E-state index contributed by atoms with van der Waals surface area (Å²) < 4.78 is 34.4. The lowest BCUT2D eigenvalue weighted by Crippen LogP contribution is -2.16.